The average molecular weight is 777 g/mol. The topological polar surface area (TPSA) is 127 Å². The zero-order chi connectivity index (χ0) is 38.6. The summed E-state index contributed by atoms with van der Waals surface area (Å²) in [6.07, 6.45) is -3.62. The molecule has 2 fully saturated rings. The Morgan fingerprint density at radius 3 is 1.46 bits per heavy atom. The summed E-state index contributed by atoms with van der Waals surface area (Å²) in [7, 11) is 0. The molecular formula is C39H47F6N2NaO6. The zero-order valence-electron chi connectivity index (χ0n) is 31.9. The monoisotopic (exact) mass is 776 g/mol. The van der Waals surface area contributed by atoms with Gasteiger partial charge in [-0.25, -0.2) is 0 Å². The number of aryl methyl sites for hydroxylation is 4. The minimum absolute atomic E-state index is 0. The summed E-state index contributed by atoms with van der Waals surface area (Å²) in [5.74, 6) is 0.530. The molecule has 4 aliphatic rings. The van der Waals surface area contributed by atoms with E-state index in [1.54, 1.807) is 19.1 Å². The van der Waals surface area contributed by atoms with Gasteiger partial charge in [0, 0.05) is 5.57 Å². The van der Waals surface area contributed by atoms with Crippen molar-refractivity contribution in [3.05, 3.63) is 69.0 Å². The van der Waals surface area contributed by atoms with E-state index in [1.165, 1.54) is 12.1 Å². The first-order chi connectivity index (χ1) is 24.1. The van der Waals surface area contributed by atoms with Crippen LogP contribution in [0.2, 0.25) is 0 Å². The van der Waals surface area contributed by atoms with Crippen LogP contribution >= 0.6 is 0 Å². The van der Waals surface area contributed by atoms with E-state index in [-0.39, 0.29) is 81.1 Å². The van der Waals surface area contributed by atoms with Crippen molar-refractivity contribution in [1.82, 2.24) is 10.6 Å². The molecule has 292 valence electrons. The number of amides is 2. The van der Waals surface area contributed by atoms with E-state index in [4.69, 9.17) is 9.47 Å². The quantitative estimate of drug-likeness (QED) is 0.217. The van der Waals surface area contributed by atoms with Gasteiger partial charge in [0.25, 0.3) is 11.8 Å². The first-order valence-corrected chi connectivity index (χ1v) is 17.6. The third-order valence-electron chi connectivity index (χ3n) is 10.7. The molecule has 6 rings (SSSR count). The summed E-state index contributed by atoms with van der Waals surface area (Å²) in [4.78, 5) is 25.3. The van der Waals surface area contributed by atoms with Crippen LogP contribution in [0.1, 0.15) is 93.7 Å². The molecule has 2 aliphatic heterocycles. The predicted molar refractivity (Wildman–Crippen MR) is 187 cm³/mol. The van der Waals surface area contributed by atoms with Crippen molar-refractivity contribution in [2.24, 2.45) is 11.8 Å². The molecular weight excluding hydrogens is 729 g/mol. The third kappa shape index (κ3) is 9.42. The molecule has 15 heteroatoms. The number of rotatable bonds is 10. The number of alkyl halides is 6. The average Bonchev–Trinajstić information content (AvgIpc) is 3.97. The minimum Gasteiger partial charge on any atom is -0.870 e. The molecule has 54 heavy (non-hydrogen) atoms. The molecule has 0 aromatic heterocycles. The molecule has 2 atom stereocenters. The van der Waals surface area contributed by atoms with E-state index in [1.807, 2.05) is 34.6 Å². The third-order valence-corrected chi connectivity index (χ3v) is 10.7. The number of ether oxygens (including phenoxy) is 2. The Morgan fingerprint density at radius 2 is 1.07 bits per heavy atom. The van der Waals surface area contributed by atoms with Crippen LogP contribution in [-0.4, -0.2) is 59.0 Å². The number of hydrogen-bond donors (Lipinski definition) is 3. The molecule has 0 saturated heterocycles. The molecule has 8 nitrogen and oxygen atoms in total. The van der Waals surface area contributed by atoms with E-state index < -0.39 is 31.1 Å². The molecule has 2 aromatic rings. The molecule has 4 N–H and O–H groups in total. The summed E-state index contributed by atoms with van der Waals surface area (Å²) in [6, 6.07) is 6.18. The number of benzene rings is 2. The number of nitrogens with one attached hydrogen (secondary N) is 2. The Balaban J connectivity index is 0.000000280. The van der Waals surface area contributed by atoms with Gasteiger partial charge in [-0.05, 0) is 148 Å². The first kappa shape index (κ1) is 45.2. The van der Waals surface area contributed by atoms with Gasteiger partial charge in [-0.3, -0.25) is 9.59 Å². The summed E-state index contributed by atoms with van der Waals surface area (Å²) >= 11 is 0. The van der Waals surface area contributed by atoms with Gasteiger partial charge in [0.05, 0.1) is 16.7 Å². The van der Waals surface area contributed by atoms with Gasteiger partial charge in [-0.15, -0.1) is 0 Å². The maximum Gasteiger partial charge on any atom is 1.00 e. The molecule has 2 aliphatic carbocycles. The van der Waals surface area contributed by atoms with E-state index in [2.05, 4.69) is 17.6 Å². The van der Waals surface area contributed by atoms with Gasteiger partial charge in [-0.2, -0.15) is 26.3 Å². The Bertz CT molecular complexity index is 1700. The van der Waals surface area contributed by atoms with Crippen LogP contribution in [-0.2, 0) is 22.4 Å². The summed E-state index contributed by atoms with van der Waals surface area (Å²) in [6.45, 7) is 10.5. The van der Waals surface area contributed by atoms with Crippen LogP contribution in [0.4, 0.5) is 26.3 Å². The van der Waals surface area contributed by atoms with Crippen molar-refractivity contribution in [2.45, 2.75) is 110 Å². The van der Waals surface area contributed by atoms with E-state index in [9.17, 15) is 41.0 Å². The van der Waals surface area contributed by atoms with Crippen LogP contribution in [0.3, 0.4) is 0 Å². The van der Waals surface area contributed by atoms with Crippen LogP contribution in [0.15, 0.2) is 35.6 Å². The van der Waals surface area contributed by atoms with Gasteiger partial charge < -0.3 is 30.7 Å². The molecule has 0 radical (unpaired) electrons. The number of carbonyl (C=O) groups is 2. The molecule has 2 unspecified atom stereocenters. The summed E-state index contributed by atoms with van der Waals surface area (Å²) in [5, 5.41) is 16.8. The van der Waals surface area contributed by atoms with Gasteiger partial charge in [0.2, 0.25) is 0 Å². The smallest absolute Gasteiger partial charge is 0.870 e. The first-order valence-electron chi connectivity index (χ1n) is 17.6. The van der Waals surface area contributed by atoms with Gasteiger partial charge in [-0.1, -0.05) is 13.8 Å². The van der Waals surface area contributed by atoms with E-state index >= 15 is 0 Å². The number of hydrogen-bond acceptors (Lipinski definition) is 6. The molecule has 2 heterocycles. The summed E-state index contributed by atoms with van der Waals surface area (Å²) in [5.41, 5.74) is 5.05. The minimum atomic E-state index is -4.42. The molecule has 2 amide bonds. The van der Waals surface area contributed by atoms with Gasteiger partial charge >= 0.3 is 41.9 Å². The van der Waals surface area contributed by atoms with Crippen molar-refractivity contribution >= 4 is 23.0 Å². The largest absolute Gasteiger partial charge is 1.00 e. The fourth-order valence-electron chi connectivity index (χ4n) is 7.52. The van der Waals surface area contributed by atoms with Crippen LogP contribution in [0, 0.1) is 25.7 Å². The van der Waals surface area contributed by atoms with Crippen molar-refractivity contribution in [2.75, 3.05) is 13.2 Å². The predicted octanol–water partition coefficient (Wildman–Crippen LogP) is 5.46. The molecule has 0 spiro atoms. The zero-order valence-corrected chi connectivity index (χ0v) is 33.9. The van der Waals surface area contributed by atoms with E-state index in [0.717, 1.165) is 47.9 Å². The number of aliphatic hydroxyl groups excluding tert-OH is 1. The SMILES string of the molecule is CCc1cc(OCC(F)(F)F)cc(C)c1C1=C(C)C(C)(C2CC2)NC1=O.CCc1cc(OCC(F)(F)F)cc(C)c1C1=C(O)C(C)(C2CC2)NC1=O.[Na+].[OH-]. The number of carbonyl (C=O) groups excluding carboxylic acids is 2. The maximum atomic E-state index is 12.7. The fourth-order valence-corrected chi connectivity index (χ4v) is 7.52. The second-order valence-electron chi connectivity index (χ2n) is 14.6. The van der Waals surface area contributed by atoms with Crippen LogP contribution in [0.25, 0.3) is 11.1 Å². The molecule has 2 saturated carbocycles. The van der Waals surface area contributed by atoms with Crippen molar-refractivity contribution in [3.8, 4) is 11.5 Å². The molecule has 0 bridgehead atoms. The van der Waals surface area contributed by atoms with Gasteiger partial charge in [0.1, 0.15) is 17.3 Å². The Morgan fingerprint density at radius 1 is 0.704 bits per heavy atom. The normalized spacial score (nSPS) is 22.5. The Hall–Kier alpha value is -3.20. The number of halogens is 6. The Kier molecular flexibility index (Phi) is 13.8. The summed E-state index contributed by atoms with van der Waals surface area (Å²) < 4.78 is 84.3. The second kappa shape index (κ2) is 16.5. The second-order valence-corrected chi connectivity index (χ2v) is 14.6. The Labute approximate surface area is 333 Å². The van der Waals surface area contributed by atoms with E-state index in [0.29, 0.717) is 41.0 Å². The standard InChI is InChI=1S/C20H24F3NO2.C19H22F3NO3.Na.H2O/c1-5-13-9-15(26-10-20(21,22)23)8-11(2)16(13)17-12(3)19(4,14-6-7-14)24-18(17)25;1-4-11-8-13(26-9-19(20,21)22)7-10(2)14(11)15-16(24)18(3,12-5-6-12)23-17(15)25;;/h8-9,14H,5-7,10H2,1-4H3,(H,24,25);7-8,12,24H,4-6,9H2,1-3H3,(H,23,25);;1H2/q;;+1;/p-1. The number of aliphatic hydroxyl groups is 1. The van der Waals surface area contributed by atoms with Crippen LogP contribution in [0.5, 0.6) is 11.5 Å². The van der Waals surface area contributed by atoms with Crippen molar-refractivity contribution in [3.63, 3.8) is 0 Å². The maximum absolute atomic E-state index is 12.7. The fraction of sp³-hybridized carbons (Fsp3) is 0.538. The van der Waals surface area contributed by atoms with Gasteiger partial charge in [0.15, 0.2) is 13.2 Å². The van der Waals surface area contributed by atoms with Crippen molar-refractivity contribution in [1.29, 1.82) is 0 Å². The molecule has 2 aromatic carbocycles. The van der Waals surface area contributed by atoms with Crippen molar-refractivity contribution < 1.29 is 85.5 Å². The van der Waals surface area contributed by atoms with Crippen LogP contribution < -0.4 is 49.7 Å².